The molecule has 2 rings (SSSR count). The maximum atomic E-state index is 8.74. The van der Waals surface area contributed by atoms with Gasteiger partial charge in [0.1, 0.15) is 0 Å². The van der Waals surface area contributed by atoms with Gasteiger partial charge in [-0.3, -0.25) is 0 Å². The second-order valence-corrected chi connectivity index (χ2v) is 5.85. The van der Waals surface area contributed by atoms with E-state index < -0.39 is 0 Å². The first-order chi connectivity index (χ1) is 7.74. The molecule has 16 heavy (non-hydrogen) atoms. The molecule has 1 N–H and O–H groups in total. The predicted molar refractivity (Wildman–Crippen MR) is 72.2 cm³/mol. The van der Waals surface area contributed by atoms with Crippen molar-refractivity contribution in [3.8, 4) is 0 Å². The highest BCUT2D eigenvalue weighted by Crippen LogP contribution is 2.30. The lowest BCUT2D eigenvalue weighted by molar-refractivity contribution is 0.319. The van der Waals surface area contributed by atoms with E-state index in [2.05, 4.69) is 36.3 Å². The van der Waals surface area contributed by atoms with Gasteiger partial charge in [-0.05, 0) is 36.3 Å². The Morgan fingerprint density at radius 1 is 1.44 bits per heavy atom. The van der Waals surface area contributed by atoms with Crippen LogP contribution in [0.25, 0.3) is 10.1 Å². The van der Waals surface area contributed by atoms with Gasteiger partial charge in [0.15, 0.2) is 0 Å². The molecule has 2 nitrogen and oxygen atoms in total. The third-order valence-corrected chi connectivity index (χ3v) is 4.39. The smallest absolute Gasteiger partial charge is 0.0936 e. The molecule has 0 amide bonds. The van der Waals surface area contributed by atoms with Gasteiger partial charge in [0.2, 0.25) is 0 Å². The summed E-state index contributed by atoms with van der Waals surface area (Å²) in [4.78, 5) is 2.32. The zero-order valence-electron chi connectivity index (χ0n) is 9.23. The Balaban J connectivity index is 2.45. The molecule has 0 atom stereocenters. The molecule has 2 aromatic rings. The molecular formula is C12H13NOS2. The molecule has 0 saturated heterocycles. The number of thioether (sulfide) groups is 1. The number of hydrogen-bond acceptors (Lipinski definition) is 4. The molecule has 1 heterocycles. The van der Waals surface area contributed by atoms with Crippen molar-refractivity contribution >= 4 is 38.9 Å². The minimum atomic E-state index is 0.672. The van der Waals surface area contributed by atoms with Crippen LogP contribution in [-0.4, -0.2) is 16.7 Å². The molecule has 0 aliphatic heterocycles. The molecule has 4 heteroatoms. The van der Waals surface area contributed by atoms with Crippen LogP contribution in [0.3, 0.4) is 0 Å². The van der Waals surface area contributed by atoms with Crippen LogP contribution < -0.4 is 0 Å². The number of thiophene rings is 1. The van der Waals surface area contributed by atoms with E-state index in [1.807, 2.05) is 18.7 Å². The number of rotatable bonds is 3. The van der Waals surface area contributed by atoms with Gasteiger partial charge in [0, 0.05) is 9.60 Å². The van der Waals surface area contributed by atoms with Gasteiger partial charge in [-0.1, -0.05) is 18.1 Å². The second kappa shape index (κ2) is 4.89. The van der Waals surface area contributed by atoms with Crippen molar-refractivity contribution < 1.29 is 5.21 Å². The first-order valence-corrected chi connectivity index (χ1v) is 6.90. The average molecular weight is 251 g/mol. The highest BCUT2D eigenvalue weighted by Gasteiger charge is 2.05. The summed E-state index contributed by atoms with van der Waals surface area (Å²) >= 11 is 3.51. The highest BCUT2D eigenvalue weighted by molar-refractivity contribution is 7.99. The lowest BCUT2D eigenvalue weighted by Gasteiger charge is -1.96. The molecule has 0 aliphatic rings. The molecule has 0 radical (unpaired) electrons. The Hall–Kier alpha value is -1.00. The zero-order valence-corrected chi connectivity index (χ0v) is 10.9. The molecular weight excluding hydrogens is 238 g/mol. The molecule has 84 valence electrons. The summed E-state index contributed by atoms with van der Waals surface area (Å²) in [6.07, 6.45) is 0. The fourth-order valence-electron chi connectivity index (χ4n) is 1.50. The lowest BCUT2D eigenvalue weighted by Crippen LogP contribution is -1.87. The normalized spacial score (nSPS) is 12.2. The van der Waals surface area contributed by atoms with Crippen molar-refractivity contribution in [2.24, 2.45) is 5.16 Å². The SMILES string of the molecule is CCSc1ccc2cc(/C(C)=N\O)sc2c1. The largest absolute Gasteiger partial charge is 0.411 e. The minimum absolute atomic E-state index is 0.672. The summed E-state index contributed by atoms with van der Waals surface area (Å²) in [6, 6.07) is 8.52. The van der Waals surface area contributed by atoms with Gasteiger partial charge in [0.05, 0.1) is 10.6 Å². The first-order valence-electron chi connectivity index (χ1n) is 5.10. The van der Waals surface area contributed by atoms with Crippen molar-refractivity contribution in [1.82, 2.24) is 0 Å². The van der Waals surface area contributed by atoms with E-state index in [-0.39, 0.29) is 0 Å². The fourth-order valence-corrected chi connectivity index (χ4v) is 3.31. The number of fused-ring (bicyclic) bond motifs is 1. The number of nitrogens with zero attached hydrogens (tertiary/aromatic N) is 1. The predicted octanol–water partition coefficient (Wildman–Crippen LogP) is 4.21. The number of benzene rings is 1. The van der Waals surface area contributed by atoms with E-state index in [0.29, 0.717) is 5.71 Å². The third-order valence-electron chi connectivity index (χ3n) is 2.31. The van der Waals surface area contributed by atoms with Crippen LogP contribution in [0.1, 0.15) is 18.7 Å². The monoisotopic (exact) mass is 251 g/mol. The summed E-state index contributed by atoms with van der Waals surface area (Å²) in [5.74, 6) is 1.08. The Morgan fingerprint density at radius 3 is 2.94 bits per heavy atom. The molecule has 0 saturated carbocycles. The second-order valence-electron chi connectivity index (χ2n) is 3.43. The lowest BCUT2D eigenvalue weighted by atomic mass is 10.2. The Morgan fingerprint density at radius 2 is 2.25 bits per heavy atom. The molecule has 1 aromatic carbocycles. The first kappa shape index (κ1) is 11.5. The summed E-state index contributed by atoms with van der Waals surface area (Å²) in [5.41, 5.74) is 0.672. The van der Waals surface area contributed by atoms with E-state index in [1.165, 1.54) is 15.0 Å². The van der Waals surface area contributed by atoms with Crippen molar-refractivity contribution in [2.75, 3.05) is 5.75 Å². The highest BCUT2D eigenvalue weighted by atomic mass is 32.2. The van der Waals surface area contributed by atoms with Crippen molar-refractivity contribution in [1.29, 1.82) is 0 Å². The van der Waals surface area contributed by atoms with Gasteiger partial charge in [-0.25, -0.2) is 0 Å². The maximum absolute atomic E-state index is 8.74. The van der Waals surface area contributed by atoms with Crippen molar-refractivity contribution in [3.63, 3.8) is 0 Å². The molecule has 0 unspecified atom stereocenters. The van der Waals surface area contributed by atoms with Crippen LogP contribution in [-0.2, 0) is 0 Å². The number of oxime groups is 1. The Kier molecular flexibility index (Phi) is 3.51. The van der Waals surface area contributed by atoms with Gasteiger partial charge in [-0.15, -0.1) is 23.1 Å². The van der Waals surface area contributed by atoms with Gasteiger partial charge in [0.25, 0.3) is 0 Å². The number of hydrogen-bond donors (Lipinski definition) is 1. The molecule has 0 bridgehead atoms. The van der Waals surface area contributed by atoms with Gasteiger partial charge >= 0.3 is 0 Å². The average Bonchev–Trinajstić information content (AvgIpc) is 2.71. The van der Waals surface area contributed by atoms with Crippen LogP contribution in [0.15, 0.2) is 34.3 Å². The topological polar surface area (TPSA) is 32.6 Å². The van der Waals surface area contributed by atoms with E-state index >= 15 is 0 Å². The van der Waals surface area contributed by atoms with Crippen molar-refractivity contribution in [3.05, 3.63) is 29.1 Å². The molecule has 0 aliphatic carbocycles. The quantitative estimate of drug-likeness (QED) is 0.383. The minimum Gasteiger partial charge on any atom is -0.411 e. The Labute approximate surface area is 103 Å². The van der Waals surface area contributed by atoms with Crippen LogP contribution in [0.5, 0.6) is 0 Å². The van der Waals surface area contributed by atoms with Gasteiger partial charge in [-0.2, -0.15) is 0 Å². The Bertz CT molecular complexity index is 531. The molecule has 1 aromatic heterocycles. The fraction of sp³-hybridized carbons (Fsp3) is 0.250. The van der Waals surface area contributed by atoms with Crippen LogP contribution >= 0.6 is 23.1 Å². The van der Waals surface area contributed by atoms with Crippen molar-refractivity contribution in [2.45, 2.75) is 18.7 Å². The summed E-state index contributed by atoms with van der Waals surface area (Å²) in [7, 11) is 0. The van der Waals surface area contributed by atoms with E-state index in [9.17, 15) is 0 Å². The van der Waals surface area contributed by atoms with Crippen LogP contribution in [0.2, 0.25) is 0 Å². The third kappa shape index (κ3) is 2.23. The van der Waals surface area contributed by atoms with E-state index in [1.54, 1.807) is 11.3 Å². The standard InChI is InChI=1S/C12H13NOS2/c1-3-15-10-5-4-9-6-11(8(2)13-14)16-12(9)7-10/h4-7,14H,3H2,1-2H3/b13-8-. The zero-order chi connectivity index (χ0) is 11.5. The van der Waals surface area contributed by atoms with E-state index in [4.69, 9.17) is 5.21 Å². The molecule has 0 spiro atoms. The molecule has 0 fully saturated rings. The van der Waals surface area contributed by atoms with E-state index in [0.717, 1.165) is 10.6 Å². The summed E-state index contributed by atoms with van der Waals surface area (Å²) in [5, 5.41) is 13.2. The summed E-state index contributed by atoms with van der Waals surface area (Å²) in [6.45, 7) is 3.96. The van der Waals surface area contributed by atoms with Crippen LogP contribution in [0.4, 0.5) is 0 Å². The maximum Gasteiger partial charge on any atom is 0.0936 e. The van der Waals surface area contributed by atoms with Gasteiger partial charge < -0.3 is 5.21 Å². The van der Waals surface area contributed by atoms with Crippen LogP contribution in [0, 0.1) is 0 Å². The summed E-state index contributed by atoms with van der Waals surface area (Å²) < 4.78 is 1.25.